The third-order valence-corrected chi connectivity index (χ3v) is 3.62. The number of rotatable bonds is 2. The Labute approximate surface area is 104 Å². The van der Waals surface area contributed by atoms with Gasteiger partial charge in [0.2, 0.25) is 0 Å². The average Bonchev–Trinajstić information content (AvgIpc) is 2.95. The maximum absolute atomic E-state index is 11.5. The number of aromatic nitrogens is 3. The molecule has 1 amide bonds. The zero-order valence-electron chi connectivity index (χ0n) is 9.97. The van der Waals surface area contributed by atoms with Gasteiger partial charge in [-0.1, -0.05) is 12.8 Å². The number of hydrogen-bond donors (Lipinski definition) is 2. The first-order valence-electron chi connectivity index (χ1n) is 6.09. The molecule has 0 unspecified atom stereocenters. The largest absolute Gasteiger partial charge is 0.383 e. The Kier molecular flexibility index (Phi) is 2.43. The molecule has 3 rings (SSSR count). The van der Waals surface area contributed by atoms with Crippen LogP contribution in [0.4, 0.5) is 5.82 Å². The Morgan fingerprint density at radius 3 is 2.72 bits per heavy atom. The number of nitrogen functional groups attached to an aromatic ring is 1. The maximum Gasteiger partial charge on any atom is 0.251 e. The lowest BCUT2D eigenvalue weighted by molar-refractivity contribution is 0.100. The number of carbonyl (C=O) groups is 1. The number of nitrogens with two attached hydrogens (primary N) is 2. The molecule has 1 aliphatic rings. The Morgan fingerprint density at radius 2 is 2.06 bits per heavy atom. The van der Waals surface area contributed by atoms with Gasteiger partial charge in [-0.3, -0.25) is 4.79 Å². The fourth-order valence-corrected chi connectivity index (χ4v) is 2.76. The molecule has 4 N–H and O–H groups in total. The van der Waals surface area contributed by atoms with Gasteiger partial charge >= 0.3 is 0 Å². The van der Waals surface area contributed by atoms with Gasteiger partial charge in [0, 0.05) is 12.2 Å². The molecule has 0 atom stereocenters. The highest BCUT2D eigenvalue weighted by Gasteiger charge is 2.23. The molecule has 2 aromatic rings. The predicted octanol–water partition coefficient (Wildman–Crippen LogP) is 1.23. The summed E-state index contributed by atoms with van der Waals surface area (Å²) in [5.41, 5.74) is 12.4. The Hall–Kier alpha value is -2.11. The van der Waals surface area contributed by atoms with Crippen LogP contribution in [0.3, 0.4) is 0 Å². The highest BCUT2D eigenvalue weighted by molar-refractivity contribution is 6.08. The van der Waals surface area contributed by atoms with Crippen LogP contribution >= 0.6 is 0 Å². The van der Waals surface area contributed by atoms with E-state index in [4.69, 9.17) is 11.5 Å². The molecular weight excluding hydrogens is 230 g/mol. The maximum atomic E-state index is 11.5. The minimum atomic E-state index is -0.488. The molecule has 0 spiro atoms. The van der Waals surface area contributed by atoms with Gasteiger partial charge in [-0.15, -0.1) is 0 Å². The van der Waals surface area contributed by atoms with Crippen molar-refractivity contribution in [2.45, 2.75) is 31.7 Å². The first kappa shape index (κ1) is 11.0. The molecule has 1 fully saturated rings. The standard InChI is InChI=1S/C12H15N5O/c13-10-9-8(11(14)18)5-17(7-3-1-2-4-7)12(9)16-6-15-10/h5-7H,1-4H2,(H2,14,18)(H2,13,15,16). The number of carbonyl (C=O) groups excluding carboxylic acids is 1. The normalized spacial score (nSPS) is 16.4. The number of nitrogens with zero attached hydrogens (tertiary/aromatic N) is 3. The lowest BCUT2D eigenvalue weighted by Crippen LogP contribution is -2.11. The molecule has 0 aliphatic heterocycles. The second kappa shape index (κ2) is 3.97. The van der Waals surface area contributed by atoms with Gasteiger partial charge in [-0.25, -0.2) is 9.97 Å². The van der Waals surface area contributed by atoms with Crippen molar-refractivity contribution in [1.29, 1.82) is 0 Å². The average molecular weight is 245 g/mol. The summed E-state index contributed by atoms with van der Waals surface area (Å²) in [5, 5.41) is 0.580. The molecule has 0 bridgehead atoms. The van der Waals surface area contributed by atoms with Crippen LogP contribution in [-0.4, -0.2) is 20.4 Å². The fourth-order valence-electron chi connectivity index (χ4n) is 2.76. The second-order valence-electron chi connectivity index (χ2n) is 4.71. The zero-order valence-corrected chi connectivity index (χ0v) is 9.97. The topological polar surface area (TPSA) is 99.8 Å². The second-order valence-corrected chi connectivity index (χ2v) is 4.71. The highest BCUT2D eigenvalue weighted by atomic mass is 16.1. The van der Waals surface area contributed by atoms with Crippen molar-refractivity contribution in [3.05, 3.63) is 18.1 Å². The quantitative estimate of drug-likeness (QED) is 0.830. The number of fused-ring (bicyclic) bond motifs is 1. The number of hydrogen-bond acceptors (Lipinski definition) is 4. The van der Waals surface area contributed by atoms with E-state index >= 15 is 0 Å². The van der Waals surface area contributed by atoms with E-state index in [2.05, 4.69) is 9.97 Å². The van der Waals surface area contributed by atoms with Crippen LogP contribution in [0.5, 0.6) is 0 Å². The minimum absolute atomic E-state index is 0.311. The number of amides is 1. The van der Waals surface area contributed by atoms with E-state index in [-0.39, 0.29) is 0 Å². The third kappa shape index (κ3) is 1.53. The van der Waals surface area contributed by atoms with Crippen LogP contribution in [0.2, 0.25) is 0 Å². The van der Waals surface area contributed by atoms with Crippen molar-refractivity contribution in [3.8, 4) is 0 Å². The molecule has 0 aromatic carbocycles. The first-order valence-corrected chi connectivity index (χ1v) is 6.09. The van der Waals surface area contributed by atoms with Crippen LogP contribution in [0, 0.1) is 0 Å². The summed E-state index contributed by atoms with van der Waals surface area (Å²) >= 11 is 0. The van der Waals surface area contributed by atoms with E-state index < -0.39 is 5.91 Å². The number of primary amides is 1. The summed E-state index contributed by atoms with van der Waals surface area (Å²) in [5.74, 6) is -0.177. The summed E-state index contributed by atoms with van der Waals surface area (Å²) in [6, 6.07) is 0.384. The summed E-state index contributed by atoms with van der Waals surface area (Å²) in [7, 11) is 0. The molecule has 0 saturated heterocycles. The van der Waals surface area contributed by atoms with Crippen LogP contribution in [0.15, 0.2) is 12.5 Å². The minimum Gasteiger partial charge on any atom is -0.383 e. The van der Waals surface area contributed by atoms with Crippen molar-refractivity contribution in [1.82, 2.24) is 14.5 Å². The predicted molar refractivity (Wildman–Crippen MR) is 68.0 cm³/mol. The smallest absolute Gasteiger partial charge is 0.251 e. The Balaban J connectivity index is 2.26. The molecular formula is C12H15N5O. The zero-order chi connectivity index (χ0) is 12.7. The van der Waals surface area contributed by atoms with Gasteiger partial charge in [-0.2, -0.15) is 0 Å². The van der Waals surface area contributed by atoms with Crippen LogP contribution in [0.25, 0.3) is 11.0 Å². The third-order valence-electron chi connectivity index (χ3n) is 3.62. The van der Waals surface area contributed by atoms with Crippen molar-refractivity contribution in [2.75, 3.05) is 5.73 Å². The van der Waals surface area contributed by atoms with Gasteiger partial charge in [0.25, 0.3) is 5.91 Å². The van der Waals surface area contributed by atoms with E-state index in [0.29, 0.717) is 28.5 Å². The molecule has 1 saturated carbocycles. The summed E-state index contributed by atoms with van der Waals surface area (Å²) in [4.78, 5) is 19.7. The monoisotopic (exact) mass is 245 g/mol. The van der Waals surface area contributed by atoms with E-state index in [9.17, 15) is 4.79 Å². The van der Waals surface area contributed by atoms with Crippen molar-refractivity contribution < 1.29 is 4.79 Å². The Bertz CT molecular complexity index is 612. The van der Waals surface area contributed by atoms with Crippen molar-refractivity contribution >= 4 is 22.8 Å². The van der Waals surface area contributed by atoms with Gasteiger partial charge in [-0.05, 0) is 12.8 Å². The Morgan fingerprint density at radius 1 is 1.33 bits per heavy atom. The SMILES string of the molecule is NC(=O)c1cn(C2CCCC2)c2ncnc(N)c12. The molecule has 18 heavy (non-hydrogen) atoms. The molecule has 2 aromatic heterocycles. The molecule has 94 valence electrons. The van der Waals surface area contributed by atoms with E-state index in [0.717, 1.165) is 12.8 Å². The first-order chi connectivity index (χ1) is 8.68. The highest BCUT2D eigenvalue weighted by Crippen LogP contribution is 2.34. The summed E-state index contributed by atoms with van der Waals surface area (Å²) < 4.78 is 2.03. The lowest BCUT2D eigenvalue weighted by Gasteiger charge is -2.12. The fraction of sp³-hybridized carbons (Fsp3) is 0.417. The summed E-state index contributed by atoms with van der Waals surface area (Å²) in [6.07, 6.45) is 7.81. The van der Waals surface area contributed by atoms with Gasteiger partial charge in [0.15, 0.2) is 0 Å². The van der Waals surface area contributed by atoms with E-state index in [1.165, 1.54) is 19.2 Å². The van der Waals surface area contributed by atoms with E-state index in [1.807, 2.05) is 4.57 Å². The molecule has 0 radical (unpaired) electrons. The molecule has 6 heteroatoms. The van der Waals surface area contributed by atoms with Crippen LogP contribution in [0.1, 0.15) is 42.1 Å². The number of anilines is 1. The van der Waals surface area contributed by atoms with Gasteiger partial charge < -0.3 is 16.0 Å². The van der Waals surface area contributed by atoms with Gasteiger partial charge in [0.1, 0.15) is 17.8 Å². The van der Waals surface area contributed by atoms with Crippen LogP contribution < -0.4 is 11.5 Å². The molecule has 6 nitrogen and oxygen atoms in total. The van der Waals surface area contributed by atoms with Crippen LogP contribution in [-0.2, 0) is 0 Å². The van der Waals surface area contributed by atoms with Crippen molar-refractivity contribution in [3.63, 3.8) is 0 Å². The van der Waals surface area contributed by atoms with Gasteiger partial charge in [0.05, 0.1) is 10.9 Å². The molecule has 2 heterocycles. The summed E-state index contributed by atoms with van der Waals surface area (Å²) in [6.45, 7) is 0. The lowest BCUT2D eigenvalue weighted by atomic mass is 10.2. The van der Waals surface area contributed by atoms with Crippen molar-refractivity contribution in [2.24, 2.45) is 5.73 Å². The van der Waals surface area contributed by atoms with E-state index in [1.54, 1.807) is 6.20 Å². The molecule has 1 aliphatic carbocycles.